The summed E-state index contributed by atoms with van der Waals surface area (Å²) in [4.78, 5) is 12.6. The minimum absolute atomic E-state index is 0.0768. The maximum atomic E-state index is 12.6. The summed E-state index contributed by atoms with van der Waals surface area (Å²) in [7, 11) is 1.42. The lowest BCUT2D eigenvalue weighted by atomic mass is 10.1. The molecule has 2 aromatic carbocycles. The highest BCUT2D eigenvalue weighted by molar-refractivity contribution is 6.42. The number of tetrazole rings is 1. The molecule has 0 aliphatic carbocycles. The molecule has 1 heterocycles. The fourth-order valence-electron chi connectivity index (χ4n) is 2.48. The molecule has 1 amide bonds. The van der Waals surface area contributed by atoms with Gasteiger partial charge in [0.15, 0.2) is 0 Å². The Morgan fingerprint density at radius 2 is 2.03 bits per heavy atom. The Bertz CT molecular complexity index is 1030. The van der Waals surface area contributed by atoms with Crippen LogP contribution < -0.4 is 14.8 Å². The first-order chi connectivity index (χ1) is 14.4. The molecule has 12 heteroatoms. The first-order valence-corrected chi connectivity index (χ1v) is 9.68. The number of carbonyl (C=O) groups excluding carboxylic acids is 1. The van der Waals surface area contributed by atoms with Crippen molar-refractivity contribution in [2.24, 2.45) is 0 Å². The van der Waals surface area contributed by atoms with Gasteiger partial charge in [-0.05, 0) is 28.6 Å². The normalized spacial score (nSPS) is 11.8. The lowest BCUT2D eigenvalue weighted by Crippen LogP contribution is -2.35. The number of nitrogens with one attached hydrogen (secondary N) is 1. The van der Waals surface area contributed by atoms with E-state index in [2.05, 4.69) is 20.8 Å². The molecule has 3 aromatic rings. The predicted molar refractivity (Wildman–Crippen MR) is 111 cm³/mol. The van der Waals surface area contributed by atoms with E-state index in [1.54, 1.807) is 18.2 Å². The Morgan fingerprint density at radius 1 is 1.23 bits per heavy atom. The standard InChI is InChI=1S/C18H16Cl3N5O4/c1-29-16-6-14(26-9-23-24-25-26)13(20)5-11(16)18(28)22-7-10(27)8-30-15-4-2-3-12(19)17(15)21/h2-6,9-10,27H,7-8H2,1H3,(H,22,28). The zero-order chi connectivity index (χ0) is 21.7. The topological polar surface area (TPSA) is 111 Å². The van der Waals surface area contributed by atoms with Crippen molar-refractivity contribution >= 4 is 40.7 Å². The fourth-order valence-corrected chi connectivity index (χ4v) is 3.08. The summed E-state index contributed by atoms with van der Waals surface area (Å²) >= 11 is 18.2. The maximum Gasteiger partial charge on any atom is 0.255 e. The van der Waals surface area contributed by atoms with Crippen LogP contribution in [0.4, 0.5) is 0 Å². The van der Waals surface area contributed by atoms with E-state index in [-0.39, 0.29) is 34.5 Å². The minimum Gasteiger partial charge on any atom is -0.496 e. The van der Waals surface area contributed by atoms with Crippen LogP contribution in [0.1, 0.15) is 10.4 Å². The van der Waals surface area contributed by atoms with Crippen molar-refractivity contribution in [2.75, 3.05) is 20.3 Å². The van der Waals surface area contributed by atoms with Crippen LogP contribution in [0.25, 0.3) is 5.69 Å². The predicted octanol–water partition coefficient (Wildman–Crippen LogP) is 2.80. The van der Waals surface area contributed by atoms with Crippen LogP contribution in [0, 0.1) is 0 Å². The Balaban J connectivity index is 1.63. The summed E-state index contributed by atoms with van der Waals surface area (Å²) in [6, 6.07) is 7.89. The summed E-state index contributed by atoms with van der Waals surface area (Å²) in [5, 5.41) is 24.4. The molecule has 3 rings (SSSR count). The highest BCUT2D eigenvalue weighted by Crippen LogP contribution is 2.31. The molecule has 0 radical (unpaired) electrons. The van der Waals surface area contributed by atoms with Crippen molar-refractivity contribution in [3.05, 3.63) is 57.3 Å². The number of aromatic nitrogens is 4. The zero-order valence-electron chi connectivity index (χ0n) is 15.6. The van der Waals surface area contributed by atoms with E-state index in [9.17, 15) is 9.90 Å². The van der Waals surface area contributed by atoms with E-state index in [4.69, 9.17) is 44.3 Å². The van der Waals surface area contributed by atoms with E-state index in [0.29, 0.717) is 16.5 Å². The number of hydrogen-bond acceptors (Lipinski definition) is 7. The number of methoxy groups -OCH3 is 1. The third-order valence-electron chi connectivity index (χ3n) is 3.96. The monoisotopic (exact) mass is 471 g/mol. The number of aliphatic hydroxyl groups is 1. The molecule has 1 aromatic heterocycles. The van der Waals surface area contributed by atoms with E-state index >= 15 is 0 Å². The number of aliphatic hydroxyl groups excluding tert-OH is 1. The molecule has 0 spiro atoms. The summed E-state index contributed by atoms with van der Waals surface area (Å²) in [6.07, 6.45) is 0.370. The second-order valence-corrected chi connectivity index (χ2v) is 7.18. The number of amides is 1. The molecule has 158 valence electrons. The number of benzene rings is 2. The highest BCUT2D eigenvalue weighted by atomic mass is 35.5. The number of ether oxygens (including phenoxy) is 2. The molecule has 1 atom stereocenters. The maximum absolute atomic E-state index is 12.6. The van der Waals surface area contributed by atoms with Crippen LogP contribution in [0.2, 0.25) is 15.1 Å². The van der Waals surface area contributed by atoms with Crippen LogP contribution in [0.3, 0.4) is 0 Å². The Hall–Kier alpha value is -2.59. The van der Waals surface area contributed by atoms with Crippen molar-refractivity contribution in [3.8, 4) is 17.2 Å². The van der Waals surface area contributed by atoms with Gasteiger partial charge in [-0.1, -0.05) is 40.9 Å². The number of carbonyl (C=O) groups is 1. The average Bonchev–Trinajstić information content (AvgIpc) is 3.27. The molecule has 1 unspecified atom stereocenters. The number of halogens is 3. The minimum atomic E-state index is -0.994. The smallest absolute Gasteiger partial charge is 0.255 e. The van der Waals surface area contributed by atoms with Crippen molar-refractivity contribution in [2.45, 2.75) is 6.10 Å². The lowest BCUT2D eigenvalue weighted by Gasteiger charge is -2.16. The second-order valence-electron chi connectivity index (χ2n) is 5.99. The lowest BCUT2D eigenvalue weighted by molar-refractivity contribution is 0.0841. The van der Waals surface area contributed by atoms with Gasteiger partial charge in [-0.15, -0.1) is 5.10 Å². The Kier molecular flexibility index (Phi) is 7.33. The second kappa shape index (κ2) is 9.94. The van der Waals surface area contributed by atoms with Gasteiger partial charge in [-0.2, -0.15) is 4.68 Å². The molecule has 9 nitrogen and oxygen atoms in total. The summed E-state index contributed by atoms with van der Waals surface area (Å²) in [5.41, 5.74) is 0.632. The fraction of sp³-hybridized carbons (Fsp3) is 0.222. The van der Waals surface area contributed by atoms with Crippen molar-refractivity contribution in [1.82, 2.24) is 25.5 Å². The van der Waals surface area contributed by atoms with Gasteiger partial charge in [0.2, 0.25) is 0 Å². The van der Waals surface area contributed by atoms with Gasteiger partial charge < -0.3 is 19.9 Å². The zero-order valence-corrected chi connectivity index (χ0v) is 17.8. The van der Waals surface area contributed by atoms with Crippen molar-refractivity contribution < 1.29 is 19.4 Å². The SMILES string of the molecule is COc1cc(-n2cnnn2)c(Cl)cc1C(=O)NCC(O)COc1cccc(Cl)c1Cl. The van der Waals surface area contributed by atoms with Crippen LogP contribution >= 0.6 is 34.8 Å². The van der Waals surface area contributed by atoms with Gasteiger partial charge in [-0.3, -0.25) is 4.79 Å². The van der Waals surface area contributed by atoms with Gasteiger partial charge in [-0.25, -0.2) is 0 Å². The third-order valence-corrected chi connectivity index (χ3v) is 5.06. The largest absolute Gasteiger partial charge is 0.496 e. The molecule has 0 aliphatic heterocycles. The number of rotatable bonds is 8. The average molecular weight is 473 g/mol. The molecular weight excluding hydrogens is 457 g/mol. The molecule has 30 heavy (non-hydrogen) atoms. The quantitative estimate of drug-likeness (QED) is 0.518. The van der Waals surface area contributed by atoms with Crippen LogP contribution in [0.5, 0.6) is 11.5 Å². The van der Waals surface area contributed by atoms with Crippen molar-refractivity contribution in [3.63, 3.8) is 0 Å². The van der Waals surface area contributed by atoms with Crippen LogP contribution in [-0.4, -0.2) is 57.6 Å². The molecule has 2 N–H and O–H groups in total. The van der Waals surface area contributed by atoms with E-state index in [1.165, 1.54) is 30.3 Å². The molecule has 0 saturated heterocycles. The number of nitrogens with zero attached hydrogens (tertiary/aromatic N) is 4. The molecule has 0 bridgehead atoms. The van der Waals surface area contributed by atoms with Crippen LogP contribution in [0.15, 0.2) is 36.7 Å². The van der Waals surface area contributed by atoms with Gasteiger partial charge in [0.1, 0.15) is 35.6 Å². The molecule has 0 fully saturated rings. The molecule has 0 aliphatic rings. The summed E-state index contributed by atoms with van der Waals surface area (Å²) in [5.74, 6) is 0.108. The van der Waals surface area contributed by atoms with Gasteiger partial charge >= 0.3 is 0 Å². The van der Waals surface area contributed by atoms with E-state index < -0.39 is 12.0 Å². The molecule has 0 saturated carbocycles. The summed E-state index contributed by atoms with van der Waals surface area (Å²) < 4.78 is 12.1. The Morgan fingerprint density at radius 3 is 2.73 bits per heavy atom. The van der Waals surface area contributed by atoms with E-state index in [0.717, 1.165) is 0 Å². The summed E-state index contributed by atoms with van der Waals surface area (Å²) in [6.45, 7) is -0.178. The first-order valence-electron chi connectivity index (χ1n) is 8.54. The van der Waals surface area contributed by atoms with Gasteiger partial charge in [0.05, 0.1) is 28.4 Å². The first kappa shape index (κ1) is 22.1. The molecular formula is C18H16Cl3N5O4. The Labute approximate surface area is 186 Å². The van der Waals surface area contributed by atoms with Crippen molar-refractivity contribution in [1.29, 1.82) is 0 Å². The van der Waals surface area contributed by atoms with E-state index in [1.807, 2.05) is 0 Å². The van der Waals surface area contributed by atoms with Gasteiger partial charge in [0, 0.05) is 12.6 Å². The highest BCUT2D eigenvalue weighted by Gasteiger charge is 2.18. The number of hydrogen-bond donors (Lipinski definition) is 2. The van der Waals surface area contributed by atoms with Crippen LogP contribution in [-0.2, 0) is 0 Å². The van der Waals surface area contributed by atoms with Gasteiger partial charge in [0.25, 0.3) is 5.91 Å². The third kappa shape index (κ3) is 5.11.